The number of nitrogens with zero attached hydrogens (tertiary/aromatic N) is 4. The van der Waals surface area contributed by atoms with E-state index < -0.39 is 0 Å². The van der Waals surface area contributed by atoms with E-state index in [2.05, 4.69) is 70.7 Å². The molecule has 0 aliphatic rings. The van der Waals surface area contributed by atoms with E-state index in [-0.39, 0.29) is 0 Å². The lowest BCUT2D eigenvalue weighted by Crippen LogP contribution is -2.39. The molecule has 0 amide bonds. The standard InChI is InChI=1S/C17H26N6/c1-5-18-17(20-11-16-21-12-22-23(16)4)19-10-14(3)15-8-6-7-13(2)9-15/h6-9,12,14H,5,10-11H2,1-4H3,(H2,18,19,20). The number of aryl methyl sites for hydroxylation is 2. The molecule has 1 unspecified atom stereocenters. The Morgan fingerprint density at radius 3 is 2.83 bits per heavy atom. The second-order valence-corrected chi connectivity index (χ2v) is 5.69. The maximum atomic E-state index is 4.57. The number of guanidine groups is 1. The van der Waals surface area contributed by atoms with Gasteiger partial charge in [-0.2, -0.15) is 5.10 Å². The van der Waals surface area contributed by atoms with Crippen LogP contribution in [0.3, 0.4) is 0 Å². The third kappa shape index (κ3) is 5.09. The number of rotatable bonds is 6. The van der Waals surface area contributed by atoms with Gasteiger partial charge in [0.15, 0.2) is 5.96 Å². The first kappa shape index (κ1) is 17.0. The van der Waals surface area contributed by atoms with Crippen molar-refractivity contribution in [3.8, 4) is 0 Å². The number of aromatic nitrogens is 3. The molecule has 1 aromatic heterocycles. The zero-order chi connectivity index (χ0) is 16.7. The number of aliphatic imine (C=N–C) groups is 1. The van der Waals surface area contributed by atoms with Gasteiger partial charge in [0.25, 0.3) is 0 Å². The van der Waals surface area contributed by atoms with Gasteiger partial charge in [0.05, 0.1) is 0 Å². The van der Waals surface area contributed by atoms with Crippen molar-refractivity contribution in [3.05, 3.63) is 47.5 Å². The van der Waals surface area contributed by atoms with Crippen molar-refractivity contribution in [2.45, 2.75) is 33.2 Å². The Balaban J connectivity index is 1.95. The molecular formula is C17H26N6. The molecule has 0 bridgehead atoms. The fourth-order valence-electron chi connectivity index (χ4n) is 2.30. The minimum Gasteiger partial charge on any atom is -0.357 e. The van der Waals surface area contributed by atoms with Gasteiger partial charge in [-0.15, -0.1) is 0 Å². The molecule has 0 aliphatic heterocycles. The summed E-state index contributed by atoms with van der Waals surface area (Å²) in [4.78, 5) is 8.76. The Labute approximate surface area is 138 Å². The van der Waals surface area contributed by atoms with Gasteiger partial charge < -0.3 is 10.6 Å². The van der Waals surface area contributed by atoms with Gasteiger partial charge in [-0.05, 0) is 25.3 Å². The van der Waals surface area contributed by atoms with Gasteiger partial charge in [-0.1, -0.05) is 36.8 Å². The largest absolute Gasteiger partial charge is 0.357 e. The van der Waals surface area contributed by atoms with Crippen LogP contribution in [0.5, 0.6) is 0 Å². The molecule has 124 valence electrons. The molecule has 2 rings (SSSR count). The third-order valence-electron chi connectivity index (χ3n) is 3.71. The number of nitrogens with one attached hydrogen (secondary N) is 2. The molecule has 2 N–H and O–H groups in total. The second-order valence-electron chi connectivity index (χ2n) is 5.69. The average Bonchev–Trinajstić information content (AvgIpc) is 2.95. The predicted molar refractivity (Wildman–Crippen MR) is 93.4 cm³/mol. The van der Waals surface area contributed by atoms with Gasteiger partial charge in [0.2, 0.25) is 0 Å². The average molecular weight is 314 g/mol. The summed E-state index contributed by atoms with van der Waals surface area (Å²) in [5.41, 5.74) is 2.62. The molecule has 0 radical (unpaired) electrons. The highest BCUT2D eigenvalue weighted by atomic mass is 15.3. The molecule has 6 nitrogen and oxygen atoms in total. The molecule has 0 spiro atoms. The quantitative estimate of drug-likeness (QED) is 0.632. The van der Waals surface area contributed by atoms with Crippen LogP contribution in [0.1, 0.15) is 36.7 Å². The summed E-state index contributed by atoms with van der Waals surface area (Å²) in [7, 11) is 1.87. The highest BCUT2D eigenvalue weighted by molar-refractivity contribution is 5.79. The summed E-state index contributed by atoms with van der Waals surface area (Å²) in [5, 5.41) is 10.7. The molecule has 6 heteroatoms. The summed E-state index contributed by atoms with van der Waals surface area (Å²) in [6, 6.07) is 8.63. The van der Waals surface area contributed by atoms with Crippen LogP contribution in [0.25, 0.3) is 0 Å². The van der Waals surface area contributed by atoms with Crippen LogP contribution in [0.4, 0.5) is 0 Å². The van der Waals surface area contributed by atoms with Crippen molar-refractivity contribution in [1.82, 2.24) is 25.4 Å². The fourth-order valence-corrected chi connectivity index (χ4v) is 2.30. The Morgan fingerprint density at radius 2 is 2.17 bits per heavy atom. The maximum absolute atomic E-state index is 4.57. The van der Waals surface area contributed by atoms with Gasteiger partial charge in [-0.25, -0.2) is 9.98 Å². The van der Waals surface area contributed by atoms with Gasteiger partial charge in [0, 0.05) is 20.1 Å². The molecule has 0 aliphatic carbocycles. The van der Waals surface area contributed by atoms with E-state index in [0.29, 0.717) is 12.5 Å². The topological polar surface area (TPSA) is 67.1 Å². The molecule has 1 aromatic carbocycles. The van der Waals surface area contributed by atoms with Crippen molar-refractivity contribution in [3.63, 3.8) is 0 Å². The molecule has 1 heterocycles. The van der Waals surface area contributed by atoms with Crippen molar-refractivity contribution < 1.29 is 0 Å². The minimum atomic E-state index is 0.411. The van der Waals surface area contributed by atoms with E-state index in [0.717, 1.165) is 24.9 Å². The van der Waals surface area contributed by atoms with Crippen LogP contribution < -0.4 is 10.6 Å². The summed E-state index contributed by atoms with van der Waals surface area (Å²) in [6.45, 7) is 8.55. The first-order valence-corrected chi connectivity index (χ1v) is 8.01. The Bertz CT molecular complexity index is 646. The Morgan fingerprint density at radius 1 is 1.35 bits per heavy atom. The number of hydrogen-bond donors (Lipinski definition) is 2. The monoisotopic (exact) mass is 314 g/mol. The minimum absolute atomic E-state index is 0.411. The van der Waals surface area contributed by atoms with Crippen LogP contribution in [0, 0.1) is 6.92 Å². The molecule has 0 saturated heterocycles. The molecular weight excluding hydrogens is 288 g/mol. The molecule has 0 saturated carbocycles. The zero-order valence-corrected chi connectivity index (χ0v) is 14.4. The first-order chi connectivity index (χ1) is 11.1. The smallest absolute Gasteiger partial charge is 0.191 e. The molecule has 2 aromatic rings. The maximum Gasteiger partial charge on any atom is 0.191 e. The normalized spacial score (nSPS) is 13.0. The van der Waals surface area contributed by atoms with Gasteiger partial charge in [0.1, 0.15) is 18.7 Å². The van der Waals surface area contributed by atoms with E-state index >= 15 is 0 Å². The summed E-state index contributed by atoms with van der Waals surface area (Å²) in [5.74, 6) is 2.05. The van der Waals surface area contributed by atoms with Crippen molar-refractivity contribution in [2.75, 3.05) is 13.1 Å². The van der Waals surface area contributed by atoms with E-state index in [9.17, 15) is 0 Å². The lowest BCUT2D eigenvalue weighted by Gasteiger charge is -2.16. The Kier molecular flexibility index (Phi) is 6.14. The van der Waals surface area contributed by atoms with E-state index in [4.69, 9.17) is 0 Å². The number of benzene rings is 1. The lowest BCUT2D eigenvalue weighted by atomic mass is 9.99. The van der Waals surface area contributed by atoms with Crippen molar-refractivity contribution in [1.29, 1.82) is 0 Å². The van der Waals surface area contributed by atoms with E-state index in [1.165, 1.54) is 11.1 Å². The highest BCUT2D eigenvalue weighted by Gasteiger charge is 2.07. The first-order valence-electron chi connectivity index (χ1n) is 8.01. The predicted octanol–water partition coefficient (Wildman–Crippen LogP) is 1.98. The molecule has 0 fully saturated rings. The fraction of sp³-hybridized carbons (Fsp3) is 0.471. The van der Waals surface area contributed by atoms with Crippen molar-refractivity contribution in [2.24, 2.45) is 12.0 Å². The molecule has 23 heavy (non-hydrogen) atoms. The van der Waals surface area contributed by atoms with E-state index in [1.54, 1.807) is 11.0 Å². The summed E-state index contributed by atoms with van der Waals surface area (Å²) < 4.78 is 1.74. The van der Waals surface area contributed by atoms with Crippen LogP contribution in [-0.2, 0) is 13.6 Å². The van der Waals surface area contributed by atoms with Gasteiger partial charge >= 0.3 is 0 Å². The molecule has 1 atom stereocenters. The number of hydrogen-bond acceptors (Lipinski definition) is 3. The van der Waals surface area contributed by atoms with E-state index in [1.807, 2.05) is 7.05 Å². The van der Waals surface area contributed by atoms with Crippen LogP contribution in [-0.4, -0.2) is 33.8 Å². The van der Waals surface area contributed by atoms with Crippen LogP contribution in [0.15, 0.2) is 35.6 Å². The lowest BCUT2D eigenvalue weighted by molar-refractivity contribution is 0.683. The van der Waals surface area contributed by atoms with Crippen molar-refractivity contribution >= 4 is 5.96 Å². The summed E-state index contributed by atoms with van der Waals surface area (Å²) >= 11 is 0. The summed E-state index contributed by atoms with van der Waals surface area (Å²) in [6.07, 6.45) is 1.55. The Hall–Kier alpha value is -2.37. The highest BCUT2D eigenvalue weighted by Crippen LogP contribution is 2.15. The SMILES string of the molecule is CCNC(=NCc1ncnn1C)NCC(C)c1cccc(C)c1. The van der Waals surface area contributed by atoms with Crippen LogP contribution in [0.2, 0.25) is 0 Å². The second kappa shape index (κ2) is 8.31. The zero-order valence-electron chi connectivity index (χ0n) is 14.4. The van der Waals surface area contributed by atoms with Gasteiger partial charge in [-0.3, -0.25) is 4.68 Å². The third-order valence-corrected chi connectivity index (χ3v) is 3.71. The van der Waals surface area contributed by atoms with Crippen LogP contribution >= 0.6 is 0 Å².